The maximum Gasteiger partial charge on any atom is 0.244 e. The summed E-state index contributed by atoms with van der Waals surface area (Å²) < 4.78 is 11.0. The number of hydrogen-bond acceptors (Lipinski definition) is 5. The number of nitrogens with one attached hydrogen (secondary N) is 1. The van der Waals surface area contributed by atoms with Gasteiger partial charge in [-0.05, 0) is 44.0 Å². The first-order chi connectivity index (χ1) is 11.0. The van der Waals surface area contributed by atoms with Crippen LogP contribution in [0, 0.1) is 0 Å². The van der Waals surface area contributed by atoms with Crippen molar-refractivity contribution >= 4 is 28.9 Å². The Hall–Kier alpha value is -1.95. The van der Waals surface area contributed by atoms with Crippen LogP contribution in [0.4, 0.5) is 0 Å². The average Bonchev–Trinajstić information content (AvgIpc) is 2.91. The Bertz CT molecular complexity index is 613. The molecule has 1 aromatic carbocycles. The van der Waals surface area contributed by atoms with Gasteiger partial charge in [0.05, 0.1) is 19.3 Å². The quantitative estimate of drug-likeness (QED) is 0.810. The predicted octanol–water partition coefficient (Wildman–Crippen LogP) is 2.64. The molecule has 5 nitrogen and oxygen atoms in total. The Balaban J connectivity index is 2.01. The van der Waals surface area contributed by atoms with Crippen molar-refractivity contribution in [2.75, 3.05) is 12.9 Å². The van der Waals surface area contributed by atoms with Crippen molar-refractivity contribution in [1.82, 2.24) is 5.32 Å². The normalized spacial score (nSPS) is 17.7. The Morgan fingerprint density at radius 1 is 1.39 bits per heavy atom. The van der Waals surface area contributed by atoms with Crippen LogP contribution in [0.2, 0.25) is 0 Å². The number of methoxy groups -OCH3 is 1. The minimum Gasteiger partial charge on any atom is -0.493 e. The van der Waals surface area contributed by atoms with Gasteiger partial charge in [0.1, 0.15) is 0 Å². The van der Waals surface area contributed by atoms with Crippen LogP contribution >= 0.6 is 11.8 Å². The molecule has 6 heteroatoms. The van der Waals surface area contributed by atoms with E-state index in [2.05, 4.69) is 5.32 Å². The first kappa shape index (κ1) is 17.4. The van der Waals surface area contributed by atoms with Crippen molar-refractivity contribution < 1.29 is 19.1 Å². The number of benzene rings is 1. The Kier molecular flexibility index (Phi) is 6.10. The molecule has 1 fully saturated rings. The standard InChI is InChI=1S/C17H21NO4S/c1-11(2)22-14-6-4-12(10-15(14)21-3)5-7-16(19)18-13-8-9-23-17(13)20/h4-7,10-11,13H,8-9H2,1-3H3,(H,18,19)/b7-5+/t13-/m0/s1. The van der Waals surface area contributed by atoms with E-state index in [0.717, 1.165) is 11.3 Å². The predicted molar refractivity (Wildman–Crippen MR) is 91.8 cm³/mol. The van der Waals surface area contributed by atoms with Crippen molar-refractivity contribution in [3.8, 4) is 11.5 Å². The molecule has 0 unspecified atom stereocenters. The summed E-state index contributed by atoms with van der Waals surface area (Å²) in [6.07, 6.45) is 3.85. The largest absolute Gasteiger partial charge is 0.493 e. The highest BCUT2D eigenvalue weighted by molar-refractivity contribution is 8.14. The molecule has 0 aliphatic carbocycles. The van der Waals surface area contributed by atoms with Crippen LogP contribution in [0.15, 0.2) is 24.3 Å². The summed E-state index contributed by atoms with van der Waals surface area (Å²) in [5.74, 6) is 1.77. The highest BCUT2D eigenvalue weighted by Crippen LogP contribution is 2.29. The van der Waals surface area contributed by atoms with Gasteiger partial charge in [0.25, 0.3) is 0 Å². The Morgan fingerprint density at radius 2 is 2.17 bits per heavy atom. The van der Waals surface area contributed by atoms with E-state index in [9.17, 15) is 9.59 Å². The van der Waals surface area contributed by atoms with Crippen LogP contribution in [0.25, 0.3) is 6.08 Å². The number of hydrogen-bond donors (Lipinski definition) is 1. The molecule has 1 amide bonds. The fourth-order valence-corrected chi connectivity index (χ4v) is 3.09. The van der Waals surface area contributed by atoms with Crippen molar-refractivity contribution in [2.45, 2.75) is 32.4 Å². The molecule has 0 bridgehead atoms. The van der Waals surface area contributed by atoms with E-state index in [1.807, 2.05) is 26.0 Å². The number of rotatable bonds is 6. The van der Waals surface area contributed by atoms with Crippen molar-refractivity contribution in [2.24, 2.45) is 0 Å². The molecular weight excluding hydrogens is 314 g/mol. The second-order valence-electron chi connectivity index (χ2n) is 5.43. The number of thioether (sulfide) groups is 1. The fraction of sp³-hybridized carbons (Fsp3) is 0.412. The van der Waals surface area contributed by atoms with Crippen LogP contribution in [0.1, 0.15) is 25.8 Å². The number of ether oxygens (including phenoxy) is 2. The van der Waals surface area contributed by atoms with Gasteiger partial charge in [-0.25, -0.2) is 0 Å². The lowest BCUT2D eigenvalue weighted by Gasteiger charge is -2.13. The molecule has 1 atom stereocenters. The number of carbonyl (C=O) groups excluding carboxylic acids is 2. The second kappa shape index (κ2) is 8.06. The minimum absolute atomic E-state index is 0.0311. The summed E-state index contributed by atoms with van der Waals surface area (Å²) in [5, 5.41) is 2.74. The second-order valence-corrected chi connectivity index (χ2v) is 6.53. The lowest BCUT2D eigenvalue weighted by atomic mass is 10.1. The van der Waals surface area contributed by atoms with Gasteiger partial charge in [0.15, 0.2) is 11.5 Å². The van der Waals surface area contributed by atoms with Crippen molar-refractivity contribution in [3.63, 3.8) is 0 Å². The van der Waals surface area contributed by atoms with Gasteiger partial charge in [-0.15, -0.1) is 0 Å². The third kappa shape index (κ3) is 5.03. The van der Waals surface area contributed by atoms with E-state index in [0.29, 0.717) is 17.9 Å². The summed E-state index contributed by atoms with van der Waals surface area (Å²) in [5.41, 5.74) is 0.820. The SMILES string of the molecule is COc1cc(/C=C/C(=O)N[C@H]2CCSC2=O)ccc1OC(C)C. The number of amides is 1. The van der Waals surface area contributed by atoms with Crippen LogP contribution < -0.4 is 14.8 Å². The van der Waals surface area contributed by atoms with E-state index >= 15 is 0 Å². The molecule has 23 heavy (non-hydrogen) atoms. The summed E-state index contributed by atoms with van der Waals surface area (Å²) >= 11 is 1.26. The zero-order valence-electron chi connectivity index (χ0n) is 13.5. The molecule has 0 aromatic heterocycles. The monoisotopic (exact) mass is 335 g/mol. The maximum atomic E-state index is 11.9. The lowest BCUT2D eigenvalue weighted by molar-refractivity contribution is -0.120. The van der Waals surface area contributed by atoms with Gasteiger partial charge >= 0.3 is 0 Å². The van der Waals surface area contributed by atoms with Gasteiger partial charge in [0, 0.05) is 11.8 Å². The zero-order chi connectivity index (χ0) is 16.8. The lowest BCUT2D eigenvalue weighted by Crippen LogP contribution is -2.35. The molecule has 1 aromatic rings. The van der Waals surface area contributed by atoms with E-state index in [1.165, 1.54) is 17.8 Å². The third-order valence-corrected chi connectivity index (χ3v) is 4.24. The van der Waals surface area contributed by atoms with E-state index < -0.39 is 0 Å². The molecule has 1 heterocycles. The van der Waals surface area contributed by atoms with Gasteiger partial charge in [0.2, 0.25) is 11.0 Å². The molecule has 1 aliphatic heterocycles. The molecule has 124 valence electrons. The fourth-order valence-electron chi connectivity index (χ4n) is 2.16. The summed E-state index contributed by atoms with van der Waals surface area (Å²) in [4.78, 5) is 23.4. The van der Waals surface area contributed by atoms with Gasteiger partial charge < -0.3 is 14.8 Å². The average molecular weight is 335 g/mol. The molecule has 2 rings (SSSR count). The highest BCUT2D eigenvalue weighted by atomic mass is 32.2. The topological polar surface area (TPSA) is 64.6 Å². The van der Waals surface area contributed by atoms with E-state index in [4.69, 9.17) is 9.47 Å². The summed E-state index contributed by atoms with van der Waals surface area (Å²) in [6.45, 7) is 3.89. The van der Waals surface area contributed by atoms with Gasteiger partial charge in [-0.3, -0.25) is 9.59 Å². The molecular formula is C17H21NO4S. The van der Waals surface area contributed by atoms with Gasteiger partial charge in [-0.1, -0.05) is 17.8 Å². The molecule has 1 N–H and O–H groups in total. The van der Waals surface area contributed by atoms with Gasteiger partial charge in [-0.2, -0.15) is 0 Å². The van der Waals surface area contributed by atoms with Crippen LogP contribution in [0.5, 0.6) is 11.5 Å². The summed E-state index contributed by atoms with van der Waals surface area (Å²) in [6, 6.07) is 5.10. The van der Waals surface area contributed by atoms with E-state index in [-0.39, 0.29) is 23.2 Å². The Labute approximate surface area is 140 Å². The van der Waals surface area contributed by atoms with Crippen molar-refractivity contribution in [3.05, 3.63) is 29.8 Å². The minimum atomic E-state index is -0.367. The Morgan fingerprint density at radius 3 is 2.78 bits per heavy atom. The molecule has 1 aliphatic rings. The van der Waals surface area contributed by atoms with Crippen LogP contribution in [0.3, 0.4) is 0 Å². The molecule has 0 radical (unpaired) electrons. The molecule has 1 saturated heterocycles. The highest BCUT2D eigenvalue weighted by Gasteiger charge is 2.25. The first-order valence-corrected chi connectivity index (χ1v) is 8.48. The summed E-state index contributed by atoms with van der Waals surface area (Å²) in [7, 11) is 1.58. The zero-order valence-corrected chi connectivity index (χ0v) is 14.3. The van der Waals surface area contributed by atoms with Crippen LogP contribution in [-0.4, -0.2) is 36.0 Å². The van der Waals surface area contributed by atoms with Crippen molar-refractivity contribution in [1.29, 1.82) is 0 Å². The maximum absolute atomic E-state index is 11.9. The molecule has 0 saturated carbocycles. The molecule has 0 spiro atoms. The number of carbonyl (C=O) groups is 2. The third-order valence-electron chi connectivity index (χ3n) is 3.23. The first-order valence-electron chi connectivity index (χ1n) is 7.49. The van der Waals surface area contributed by atoms with Crippen LogP contribution in [-0.2, 0) is 9.59 Å². The smallest absolute Gasteiger partial charge is 0.244 e. The van der Waals surface area contributed by atoms with E-state index in [1.54, 1.807) is 19.3 Å².